The predicted molar refractivity (Wildman–Crippen MR) is 90.1 cm³/mol. The molecule has 21 heavy (non-hydrogen) atoms. The van der Waals surface area contributed by atoms with E-state index in [-0.39, 0.29) is 5.78 Å². The molecule has 0 heterocycles. The standard InChI is InChI=1S/C19H33NO/c1-2-3-4-5-6-7-8-9-10-11-12-13-14-15-16-17-19(21)18-20/h9-10H,2-8,11-17H2,1H3/b10-9-. The van der Waals surface area contributed by atoms with Crippen molar-refractivity contribution in [2.75, 3.05) is 0 Å². The van der Waals surface area contributed by atoms with Crippen LogP contribution in [0.1, 0.15) is 96.8 Å². The number of hydrogen-bond donors (Lipinski definition) is 0. The Morgan fingerprint density at radius 1 is 0.810 bits per heavy atom. The first kappa shape index (κ1) is 19.9. The van der Waals surface area contributed by atoms with Crippen LogP contribution in [0.4, 0.5) is 0 Å². The molecular weight excluding hydrogens is 258 g/mol. The molecule has 0 aromatic heterocycles. The van der Waals surface area contributed by atoms with E-state index in [0.29, 0.717) is 6.42 Å². The van der Waals surface area contributed by atoms with Gasteiger partial charge in [0.25, 0.3) is 0 Å². The minimum atomic E-state index is -0.271. The van der Waals surface area contributed by atoms with Crippen molar-refractivity contribution in [2.24, 2.45) is 0 Å². The van der Waals surface area contributed by atoms with E-state index in [2.05, 4.69) is 19.1 Å². The fraction of sp³-hybridized carbons (Fsp3) is 0.789. The van der Waals surface area contributed by atoms with Crippen molar-refractivity contribution in [1.82, 2.24) is 0 Å². The lowest BCUT2D eigenvalue weighted by molar-refractivity contribution is -0.114. The van der Waals surface area contributed by atoms with E-state index in [0.717, 1.165) is 12.8 Å². The number of allylic oxidation sites excluding steroid dienone is 2. The molecule has 0 saturated carbocycles. The van der Waals surface area contributed by atoms with Gasteiger partial charge in [0.05, 0.1) is 0 Å². The number of unbranched alkanes of at least 4 members (excludes halogenated alkanes) is 11. The first-order chi connectivity index (χ1) is 10.3. The molecule has 0 radical (unpaired) electrons. The number of ketones is 1. The highest BCUT2D eigenvalue weighted by Gasteiger charge is 1.97. The summed E-state index contributed by atoms with van der Waals surface area (Å²) in [6.07, 6.45) is 21.4. The number of nitriles is 1. The lowest BCUT2D eigenvalue weighted by atomic mass is 10.1. The van der Waals surface area contributed by atoms with E-state index < -0.39 is 0 Å². The van der Waals surface area contributed by atoms with Gasteiger partial charge in [-0.2, -0.15) is 5.26 Å². The Labute approximate surface area is 131 Å². The lowest BCUT2D eigenvalue weighted by Gasteiger charge is -1.99. The van der Waals surface area contributed by atoms with E-state index in [1.807, 2.05) is 0 Å². The first-order valence-electron chi connectivity index (χ1n) is 8.89. The Morgan fingerprint density at radius 2 is 1.29 bits per heavy atom. The average Bonchev–Trinajstić information content (AvgIpc) is 2.50. The highest BCUT2D eigenvalue weighted by atomic mass is 16.1. The molecule has 2 nitrogen and oxygen atoms in total. The summed E-state index contributed by atoms with van der Waals surface area (Å²) in [4.78, 5) is 10.8. The third-order valence-corrected chi connectivity index (χ3v) is 3.79. The monoisotopic (exact) mass is 291 g/mol. The molecule has 0 aromatic rings. The first-order valence-corrected chi connectivity index (χ1v) is 8.89. The summed E-state index contributed by atoms with van der Waals surface area (Å²) < 4.78 is 0. The van der Waals surface area contributed by atoms with Gasteiger partial charge in [0.2, 0.25) is 5.78 Å². The van der Waals surface area contributed by atoms with Gasteiger partial charge >= 0.3 is 0 Å². The number of hydrogen-bond acceptors (Lipinski definition) is 2. The Kier molecular flexibility index (Phi) is 16.1. The van der Waals surface area contributed by atoms with Gasteiger partial charge in [-0.3, -0.25) is 4.79 Å². The molecule has 2 heteroatoms. The summed E-state index contributed by atoms with van der Waals surface area (Å²) >= 11 is 0. The maximum Gasteiger partial charge on any atom is 0.231 e. The fourth-order valence-electron chi connectivity index (χ4n) is 2.41. The van der Waals surface area contributed by atoms with Crippen LogP contribution in [-0.4, -0.2) is 5.78 Å². The normalized spacial score (nSPS) is 10.9. The number of Topliss-reactive ketones (excluding diaryl/α,β-unsaturated/α-hetero) is 1. The topological polar surface area (TPSA) is 40.9 Å². The number of carbonyl (C=O) groups is 1. The molecule has 0 bridgehead atoms. The van der Waals surface area contributed by atoms with Gasteiger partial charge in [0.15, 0.2) is 0 Å². The van der Waals surface area contributed by atoms with Crippen LogP contribution in [0, 0.1) is 11.3 Å². The van der Waals surface area contributed by atoms with Crippen molar-refractivity contribution in [1.29, 1.82) is 5.26 Å². The lowest BCUT2D eigenvalue weighted by Crippen LogP contribution is -1.91. The van der Waals surface area contributed by atoms with Gasteiger partial charge in [0, 0.05) is 6.42 Å². The average molecular weight is 291 g/mol. The van der Waals surface area contributed by atoms with Crippen LogP contribution in [0.3, 0.4) is 0 Å². The molecular formula is C19H33NO. The minimum absolute atomic E-state index is 0.271. The van der Waals surface area contributed by atoms with E-state index in [1.54, 1.807) is 6.07 Å². The molecule has 0 N–H and O–H groups in total. The second kappa shape index (κ2) is 17.0. The van der Waals surface area contributed by atoms with Crippen LogP contribution >= 0.6 is 0 Å². The van der Waals surface area contributed by atoms with Crippen molar-refractivity contribution in [3.63, 3.8) is 0 Å². The van der Waals surface area contributed by atoms with Crippen molar-refractivity contribution in [2.45, 2.75) is 96.8 Å². The molecule has 0 atom stereocenters. The molecule has 0 aliphatic rings. The van der Waals surface area contributed by atoms with Crippen LogP contribution in [0.25, 0.3) is 0 Å². The maximum atomic E-state index is 10.8. The molecule has 0 rings (SSSR count). The fourth-order valence-corrected chi connectivity index (χ4v) is 2.41. The second-order valence-electron chi connectivity index (χ2n) is 5.87. The Bertz CT molecular complexity index is 301. The summed E-state index contributed by atoms with van der Waals surface area (Å²) in [5.74, 6) is -0.271. The van der Waals surface area contributed by atoms with Crippen LogP contribution < -0.4 is 0 Å². The highest BCUT2D eigenvalue weighted by molar-refractivity contribution is 5.93. The van der Waals surface area contributed by atoms with Gasteiger partial charge in [0.1, 0.15) is 6.07 Å². The van der Waals surface area contributed by atoms with E-state index in [9.17, 15) is 4.79 Å². The highest BCUT2D eigenvalue weighted by Crippen LogP contribution is 2.09. The number of carbonyl (C=O) groups excluding carboxylic acids is 1. The zero-order valence-electron chi connectivity index (χ0n) is 13.9. The van der Waals surface area contributed by atoms with Gasteiger partial charge in [-0.05, 0) is 32.1 Å². The van der Waals surface area contributed by atoms with Gasteiger partial charge in [-0.25, -0.2) is 0 Å². The predicted octanol–water partition coefficient (Wildman–Crippen LogP) is 6.12. The molecule has 120 valence electrons. The summed E-state index contributed by atoms with van der Waals surface area (Å²) in [5.41, 5.74) is 0. The third-order valence-electron chi connectivity index (χ3n) is 3.79. The van der Waals surface area contributed by atoms with Gasteiger partial charge in [-0.1, -0.05) is 70.4 Å². The summed E-state index contributed by atoms with van der Waals surface area (Å²) in [5, 5.41) is 8.34. The molecule has 0 amide bonds. The van der Waals surface area contributed by atoms with Crippen molar-refractivity contribution >= 4 is 5.78 Å². The quantitative estimate of drug-likeness (QED) is 0.207. The maximum absolute atomic E-state index is 10.8. The number of nitrogens with zero attached hydrogens (tertiary/aromatic N) is 1. The van der Waals surface area contributed by atoms with Crippen molar-refractivity contribution < 1.29 is 4.79 Å². The van der Waals surface area contributed by atoms with Crippen LogP contribution in [-0.2, 0) is 4.79 Å². The zero-order valence-corrected chi connectivity index (χ0v) is 13.9. The zero-order chi connectivity index (χ0) is 15.6. The van der Waals surface area contributed by atoms with Gasteiger partial charge in [-0.15, -0.1) is 0 Å². The van der Waals surface area contributed by atoms with Crippen LogP contribution in [0.2, 0.25) is 0 Å². The van der Waals surface area contributed by atoms with Crippen LogP contribution in [0.5, 0.6) is 0 Å². The minimum Gasteiger partial charge on any atom is -0.283 e. The largest absolute Gasteiger partial charge is 0.283 e. The molecule has 0 aliphatic carbocycles. The van der Waals surface area contributed by atoms with Crippen molar-refractivity contribution in [3.8, 4) is 6.07 Å². The molecule has 0 fully saturated rings. The second-order valence-corrected chi connectivity index (χ2v) is 5.87. The third kappa shape index (κ3) is 16.8. The molecule has 0 spiro atoms. The van der Waals surface area contributed by atoms with Gasteiger partial charge < -0.3 is 0 Å². The Hall–Kier alpha value is -1.10. The molecule has 0 aromatic carbocycles. The molecule has 0 unspecified atom stereocenters. The smallest absolute Gasteiger partial charge is 0.231 e. The summed E-state index contributed by atoms with van der Waals surface area (Å²) in [6, 6.07) is 1.67. The van der Waals surface area contributed by atoms with E-state index >= 15 is 0 Å². The van der Waals surface area contributed by atoms with E-state index in [1.165, 1.54) is 70.6 Å². The SMILES string of the molecule is CCCCCCCC/C=C\CCCCCCCC(=O)C#N. The van der Waals surface area contributed by atoms with Crippen LogP contribution in [0.15, 0.2) is 12.2 Å². The Morgan fingerprint density at radius 3 is 1.81 bits per heavy atom. The summed E-state index contributed by atoms with van der Waals surface area (Å²) in [7, 11) is 0. The Balaban J connectivity index is 3.12. The molecule has 0 saturated heterocycles. The van der Waals surface area contributed by atoms with Crippen molar-refractivity contribution in [3.05, 3.63) is 12.2 Å². The van der Waals surface area contributed by atoms with E-state index in [4.69, 9.17) is 5.26 Å². The summed E-state index contributed by atoms with van der Waals surface area (Å²) in [6.45, 7) is 2.26. The molecule has 0 aliphatic heterocycles. The number of rotatable bonds is 15.